The Morgan fingerprint density at radius 3 is 2.53 bits per heavy atom. The maximum atomic E-state index is 14.0. The minimum absolute atomic E-state index is 0.164. The highest BCUT2D eigenvalue weighted by Gasteiger charge is 2.13. The lowest BCUT2D eigenvalue weighted by Gasteiger charge is -2.12. The average molecular weight is 431 g/mol. The van der Waals surface area contributed by atoms with Gasteiger partial charge in [-0.15, -0.1) is 0 Å². The van der Waals surface area contributed by atoms with Crippen LogP contribution in [0.1, 0.15) is 22.3 Å². The fourth-order valence-corrected chi connectivity index (χ4v) is 3.04. The summed E-state index contributed by atoms with van der Waals surface area (Å²) in [5.41, 5.74) is 2.98. The molecule has 0 saturated heterocycles. The highest BCUT2D eigenvalue weighted by molar-refractivity contribution is 5.90. The highest BCUT2D eigenvalue weighted by Crippen LogP contribution is 2.30. The lowest BCUT2D eigenvalue weighted by molar-refractivity contribution is -0.136. The van der Waals surface area contributed by atoms with Gasteiger partial charge in [0, 0.05) is 5.56 Å². The summed E-state index contributed by atoms with van der Waals surface area (Å²) < 4.78 is 30.3. The molecule has 3 rings (SSSR count). The molecule has 0 heterocycles. The zero-order chi connectivity index (χ0) is 23.1. The maximum absolute atomic E-state index is 14.0. The number of nitrogens with zero attached hydrogens (tertiary/aromatic N) is 1. The smallest absolute Gasteiger partial charge is 0.349 e. The molecule has 0 spiro atoms. The molecule has 0 bridgehead atoms. The minimum Gasteiger partial charge on any atom is -0.493 e. The van der Waals surface area contributed by atoms with Crippen molar-refractivity contribution in [3.05, 3.63) is 88.7 Å². The number of carbonyl (C=O) groups excluding carboxylic acids is 1. The molecule has 32 heavy (non-hydrogen) atoms. The molecule has 0 N–H and O–H groups in total. The maximum Gasteiger partial charge on any atom is 0.349 e. The van der Waals surface area contributed by atoms with Crippen molar-refractivity contribution in [2.75, 3.05) is 13.7 Å². The Hall–Kier alpha value is -4.11. The molecule has 0 unspecified atom stereocenters. The van der Waals surface area contributed by atoms with Gasteiger partial charge in [0.05, 0.1) is 18.8 Å². The molecular weight excluding hydrogens is 409 g/mol. The summed E-state index contributed by atoms with van der Waals surface area (Å²) in [5, 5.41) is 9.46. The third kappa shape index (κ3) is 5.32. The van der Waals surface area contributed by atoms with Crippen LogP contribution in [0, 0.1) is 31.0 Å². The number of hydrogen-bond acceptors (Lipinski definition) is 5. The summed E-state index contributed by atoms with van der Waals surface area (Å²) in [6, 6.07) is 18.5. The van der Waals surface area contributed by atoms with Gasteiger partial charge in [0.2, 0.25) is 0 Å². The van der Waals surface area contributed by atoms with Crippen molar-refractivity contribution in [2.24, 2.45) is 0 Å². The largest absolute Gasteiger partial charge is 0.493 e. The number of ether oxygens (including phenoxy) is 3. The summed E-state index contributed by atoms with van der Waals surface area (Å²) in [6.07, 6.45) is 1.54. The first kappa shape index (κ1) is 22.6. The Morgan fingerprint density at radius 2 is 1.81 bits per heavy atom. The van der Waals surface area contributed by atoms with Gasteiger partial charge in [0.15, 0.2) is 18.1 Å². The van der Waals surface area contributed by atoms with E-state index in [0.29, 0.717) is 17.1 Å². The third-order valence-electron chi connectivity index (χ3n) is 4.91. The molecule has 0 fully saturated rings. The zero-order valence-electron chi connectivity index (χ0n) is 18.0. The summed E-state index contributed by atoms with van der Waals surface area (Å²) in [7, 11) is 1.44. The Morgan fingerprint density at radius 1 is 1.03 bits per heavy atom. The van der Waals surface area contributed by atoms with Crippen LogP contribution in [0.3, 0.4) is 0 Å². The van der Waals surface area contributed by atoms with Crippen LogP contribution in [0.5, 0.6) is 17.2 Å². The van der Waals surface area contributed by atoms with Gasteiger partial charge in [-0.05, 0) is 60.9 Å². The molecule has 0 aliphatic heterocycles. The van der Waals surface area contributed by atoms with Gasteiger partial charge >= 0.3 is 5.97 Å². The average Bonchev–Trinajstić information content (AvgIpc) is 2.79. The Bertz CT molecular complexity index is 1210. The Balaban J connectivity index is 1.75. The van der Waals surface area contributed by atoms with Gasteiger partial charge in [-0.25, -0.2) is 9.18 Å². The van der Waals surface area contributed by atoms with Crippen LogP contribution < -0.4 is 14.2 Å². The van der Waals surface area contributed by atoms with Crippen molar-refractivity contribution in [3.8, 4) is 23.3 Å². The summed E-state index contributed by atoms with van der Waals surface area (Å²) in [4.78, 5) is 12.3. The van der Waals surface area contributed by atoms with Crippen molar-refractivity contribution in [1.29, 1.82) is 5.26 Å². The molecule has 6 heteroatoms. The number of nitriles is 1. The number of methoxy groups -OCH3 is 1. The van der Waals surface area contributed by atoms with E-state index in [9.17, 15) is 14.4 Å². The van der Waals surface area contributed by atoms with Crippen LogP contribution in [0.25, 0.3) is 11.6 Å². The lowest BCUT2D eigenvalue weighted by Crippen LogP contribution is -2.18. The van der Waals surface area contributed by atoms with E-state index in [1.807, 2.05) is 32.0 Å². The second kappa shape index (κ2) is 10.3. The number of benzene rings is 3. The molecule has 0 aliphatic carbocycles. The van der Waals surface area contributed by atoms with Crippen LogP contribution in [0.4, 0.5) is 4.39 Å². The first-order valence-corrected chi connectivity index (χ1v) is 9.87. The van der Waals surface area contributed by atoms with E-state index in [0.717, 1.165) is 11.1 Å². The molecule has 3 aromatic rings. The van der Waals surface area contributed by atoms with Crippen molar-refractivity contribution >= 4 is 17.6 Å². The van der Waals surface area contributed by atoms with Gasteiger partial charge < -0.3 is 14.2 Å². The van der Waals surface area contributed by atoms with Gasteiger partial charge in [-0.2, -0.15) is 5.26 Å². The van der Waals surface area contributed by atoms with Crippen molar-refractivity contribution < 1.29 is 23.4 Å². The molecule has 0 radical (unpaired) electrons. The second-order valence-electron chi connectivity index (χ2n) is 7.02. The number of halogens is 1. The van der Waals surface area contributed by atoms with E-state index in [-0.39, 0.29) is 23.5 Å². The van der Waals surface area contributed by atoms with Crippen molar-refractivity contribution in [1.82, 2.24) is 0 Å². The van der Waals surface area contributed by atoms with Gasteiger partial charge in [0.25, 0.3) is 0 Å². The topological polar surface area (TPSA) is 68.5 Å². The van der Waals surface area contributed by atoms with E-state index in [1.54, 1.807) is 36.4 Å². The van der Waals surface area contributed by atoms with Gasteiger partial charge in [-0.3, -0.25) is 0 Å². The number of aryl methyl sites for hydroxylation is 1. The summed E-state index contributed by atoms with van der Waals surface area (Å²) in [5.74, 6) is 0.0538. The number of rotatable bonds is 7. The third-order valence-corrected chi connectivity index (χ3v) is 4.91. The van der Waals surface area contributed by atoms with E-state index in [4.69, 9.17) is 14.2 Å². The Kier molecular flexibility index (Phi) is 7.25. The molecule has 0 saturated carbocycles. The lowest BCUT2D eigenvalue weighted by atomic mass is 10.0. The quantitative estimate of drug-likeness (QED) is 0.214. The molecule has 0 atom stereocenters. The van der Waals surface area contributed by atoms with Gasteiger partial charge in [0.1, 0.15) is 11.6 Å². The highest BCUT2D eigenvalue weighted by atomic mass is 19.1. The second-order valence-corrected chi connectivity index (χ2v) is 7.02. The van der Waals surface area contributed by atoms with E-state index >= 15 is 0 Å². The van der Waals surface area contributed by atoms with Crippen LogP contribution >= 0.6 is 0 Å². The van der Waals surface area contributed by atoms with Crippen molar-refractivity contribution in [3.63, 3.8) is 0 Å². The molecule has 162 valence electrons. The van der Waals surface area contributed by atoms with E-state index in [1.165, 1.54) is 25.3 Å². The molecule has 5 nitrogen and oxygen atoms in total. The van der Waals surface area contributed by atoms with Crippen LogP contribution in [-0.4, -0.2) is 19.7 Å². The van der Waals surface area contributed by atoms with E-state index < -0.39 is 11.8 Å². The number of hydrogen-bond donors (Lipinski definition) is 0. The first-order valence-electron chi connectivity index (χ1n) is 9.87. The van der Waals surface area contributed by atoms with Crippen LogP contribution in [-0.2, 0) is 4.79 Å². The molecule has 0 aliphatic rings. The van der Waals surface area contributed by atoms with Crippen LogP contribution in [0.15, 0.2) is 60.7 Å². The predicted octanol–water partition coefficient (Wildman–Crippen LogP) is 5.50. The number of carbonyl (C=O) groups is 1. The summed E-state index contributed by atoms with van der Waals surface area (Å²) in [6.45, 7) is 3.62. The normalized spacial score (nSPS) is 10.9. The summed E-state index contributed by atoms with van der Waals surface area (Å²) >= 11 is 0. The van der Waals surface area contributed by atoms with E-state index in [2.05, 4.69) is 0 Å². The standard InChI is InChI=1S/C26H22FNO4/c1-17-7-6-10-23(18(17)2)31-16-26(29)32-24-12-11-19(14-25(24)30-3)13-20(15-28)21-8-4-5-9-22(21)27/h4-14H,16H2,1-3H3/b20-13-. The van der Waals surface area contributed by atoms with Crippen molar-refractivity contribution in [2.45, 2.75) is 13.8 Å². The zero-order valence-corrected chi connectivity index (χ0v) is 18.0. The molecular formula is C26H22FNO4. The molecule has 3 aromatic carbocycles. The number of allylic oxidation sites excluding steroid dienone is 1. The predicted molar refractivity (Wildman–Crippen MR) is 120 cm³/mol. The van der Waals surface area contributed by atoms with Crippen LogP contribution in [0.2, 0.25) is 0 Å². The fraction of sp³-hybridized carbons (Fsp3) is 0.154. The Labute approximate surface area is 186 Å². The molecule has 0 aromatic heterocycles. The SMILES string of the molecule is COc1cc(/C=C(/C#N)c2ccccc2F)ccc1OC(=O)COc1cccc(C)c1C. The monoisotopic (exact) mass is 431 g/mol. The van der Waals surface area contributed by atoms with Gasteiger partial charge in [-0.1, -0.05) is 36.4 Å². The number of esters is 1. The molecule has 0 amide bonds. The first-order chi connectivity index (χ1) is 15.4. The minimum atomic E-state index is -0.587. The fourth-order valence-electron chi connectivity index (χ4n) is 3.04.